The molecule has 1 unspecified atom stereocenters. The Bertz CT molecular complexity index is 1820. The molecule has 14 heteroatoms. The Hall–Kier alpha value is -4.78. The normalized spacial score (nSPS) is 17.3. The maximum Gasteiger partial charge on any atom is 0.333 e. The van der Waals surface area contributed by atoms with Crippen molar-refractivity contribution < 1.29 is 18.0 Å². The summed E-state index contributed by atoms with van der Waals surface area (Å²) in [6, 6.07) is 9.60. The third-order valence-electron chi connectivity index (χ3n) is 7.28. The Labute approximate surface area is 242 Å². The number of nitrogens with one attached hydrogen (secondary N) is 1. The molecule has 4 aromatic heterocycles. The molecule has 0 aliphatic carbocycles. The van der Waals surface area contributed by atoms with Crippen LogP contribution in [0.25, 0.3) is 28.3 Å². The van der Waals surface area contributed by atoms with Crippen LogP contribution in [0, 0.1) is 5.92 Å². The van der Waals surface area contributed by atoms with E-state index in [0.29, 0.717) is 57.0 Å². The Balaban J connectivity index is 1.45. The molecule has 0 saturated carbocycles. The molecule has 5 heterocycles. The number of nitrogens with zero attached hydrogens (tertiary/aromatic N) is 7. The number of fused-ring (bicyclic) bond motifs is 4. The van der Waals surface area contributed by atoms with Gasteiger partial charge in [0, 0.05) is 51.5 Å². The first-order valence-corrected chi connectivity index (χ1v) is 13.5. The molecule has 6 rings (SSSR count). The van der Waals surface area contributed by atoms with Gasteiger partial charge in [0.25, 0.3) is 0 Å². The summed E-state index contributed by atoms with van der Waals surface area (Å²) in [7, 11) is 0. The van der Waals surface area contributed by atoms with E-state index in [4.69, 9.17) is 16.0 Å². The number of benzene rings is 1. The average molecular weight is 593 g/mol. The number of hydrogen-bond acceptors (Lipinski definition) is 8. The Morgan fingerprint density at radius 3 is 2.76 bits per heavy atom. The number of aromatic nitrogens is 7. The summed E-state index contributed by atoms with van der Waals surface area (Å²) in [4.78, 5) is 31.0. The van der Waals surface area contributed by atoms with Crippen molar-refractivity contribution in [2.24, 2.45) is 5.92 Å². The monoisotopic (exact) mass is 592 g/mol. The first-order valence-electron chi connectivity index (χ1n) is 13.1. The van der Waals surface area contributed by atoms with E-state index in [-0.39, 0.29) is 28.5 Å². The molecule has 0 fully saturated rings. The van der Waals surface area contributed by atoms with Gasteiger partial charge in [-0.2, -0.15) is 18.6 Å². The number of amides is 1. The quantitative estimate of drug-likeness (QED) is 0.290. The molecule has 1 aromatic carbocycles. The third kappa shape index (κ3) is 5.18. The van der Waals surface area contributed by atoms with Crippen LogP contribution < -0.4 is 10.7 Å². The summed E-state index contributed by atoms with van der Waals surface area (Å²) < 4.78 is 35.8. The van der Waals surface area contributed by atoms with Crippen LogP contribution in [0.1, 0.15) is 49.9 Å². The largest absolute Gasteiger partial charge is 0.464 e. The van der Waals surface area contributed by atoms with Crippen molar-refractivity contribution in [1.29, 1.82) is 0 Å². The molecule has 2 atom stereocenters. The van der Waals surface area contributed by atoms with E-state index in [1.165, 1.54) is 35.7 Å². The molecular formula is C28H23ClF2N8O3. The molecule has 0 saturated heterocycles. The highest BCUT2D eigenvalue weighted by molar-refractivity contribution is 6.31. The van der Waals surface area contributed by atoms with Gasteiger partial charge >= 0.3 is 6.55 Å². The van der Waals surface area contributed by atoms with Crippen molar-refractivity contribution >= 4 is 23.2 Å². The number of carbonyl (C=O) groups is 1. The average Bonchev–Trinajstić information content (AvgIpc) is 3.66. The minimum atomic E-state index is -2.94. The van der Waals surface area contributed by atoms with E-state index in [2.05, 4.69) is 30.9 Å². The lowest BCUT2D eigenvalue weighted by atomic mass is 9.88. The molecule has 2 bridgehead atoms. The lowest BCUT2D eigenvalue weighted by molar-refractivity contribution is -0.119. The maximum atomic E-state index is 13.9. The van der Waals surface area contributed by atoms with Gasteiger partial charge in [0.2, 0.25) is 5.91 Å². The van der Waals surface area contributed by atoms with Gasteiger partial charge in [-0.1, -0.05) is 24.9 Å². The number of alkyl halides is 2. The van der Waals surface area contributed by atoms with Crippen LogP contribution in [0.3, 0.4) is 0 Å². The second-order valence-electron chi connectivity index (χ2n) is 9.95. The topological polar surface area (TPSA) is 134 Å². The van der Waals surface area contributed by atoms with Gasteiger partial charge in [0.05, 0.1) is 29.5 Å². The van der Waals surface area contributed by atoms with E-state index in [9.17, 15) is 18.4 Å². The van der Waals surface area contributed by atoms with Crippen LogP contribution in [0.5, 0.6) is 0 Å². The smallest absolute Gasteiger partial charge is 0.333 e. The van der Waals surface area contributed by atoms with E-state index < -0.39 is 18.4 Å². The predicted molar refractivity (Wildman–Crippen MR) is 148 cm³/mol. The van der Waals surface area contributed by atoms with Gasteiger partial charge in [0.1, 0.15) is 12.1 Å². The van der Waals surface area contributed by atoms with Crippen LogP contribution in [0.15, 0.2) is 70.6 Å². The second kappa shape index (κ2) is 11.2. The first kappa shape index (κ1) is 27.4. The highest BCUT2D eigenvalue weighted by Gasteiger charge is 2.27. The summed E-state index contributed by atoms with van der Waals surface area (Å²) in [5.74, 6) is -0.997. The van der Waals surface area contributed by atoms with Crippen LogP contribution in [0.2, 0.25) is 5.02 Å². The van der Waals surface area contributed by atoms with Gasteiger partial charge in [-0.15, -0.1) is 5.10 Å². The summed E-state index contributed by atoms with van der Waals surface area (Å²) in [6.45, 7) is -1.17. The SMILES string of the molecule is C[C@H]1CCCC(c2coc(-c3cc(Cl)ccc3-n3cnnn3)cc2=O)c2cc(ccn2)-c2c(cnn2C(F)F)NC1=O. The first-order chi connectivity index (χ1) is 20.3. The van der Waals surface area contributed by atoms with Crippen LogP contribution in [0.4, 0.5) is 14.5 Å². The summed E-state index contributed by atoms with van der Waals surface area (Å²) >= 11 is 6.26. The number of anilines is 1. The lowest BCUT2D eigenvalue weighted by Crippen LogP contribution is -2.22. The van der Waals surface area contributed by atoms with Crippen molar-refractivity contribution in [2.75, 3.05) is 5.32 Å². The van der Waals surface area contributed by atoms with Crippen molar-refractivity contribution in [3.05, 3.63) is 87.9 Å². The summed E-state index contributed by atoms with van der Waals surface area (Å²) in [6.07, 6.45) is 7.05. The minimum Gasteiger partial charge on any atom is -0.464 e. The fraction of sp³-hybridized carbons (Fsp3) is 0.250. The molecule has 1 N–H and O–H groups in total. The van der Waals surface area contributed by atoms with E-state index >= 15 is 0 Å². The number of tetrazole rings is 1. The second-order valence-corrected chi connectivity index (χ2v) is 10.4. The molecule has 1 aliphatic heterocycles. The van der Waals surface area contributed by atoms with Gasteiger partial charge in [-0.05, 0) is 53.6 Å². The number of hydrogen-bond donors (Lipinski definition) is 1. The van der Waals surface area contributed by atoms with E-state index in [1.807, 2.05) is 0 Å². The lowest BCUT2D eigenvalue weighted by Gasteiger charge is -2.20. The Morgan fingerprint density at radius 1 is 1.14 bits per heavy atom. The zero-order chi connectivity index (χ0) is 29.4. The van der Waals surface area contributed by atoms with E-state index in [1.54, 1.807) is 37.3 Å². The van der Waals surface area contributed by atoms with Gasteiger partial charge < -0.3 is 9.73 Å². The summed E-state index contributed by atoms with van der Waals surface area (Å²) in [5.41, 5.74) is 2.18. The minimum absolute atomic E-state index is 0.0481. The molecule has 42 heavy (non-hydrogen) atoms. The molecule has 214 valence electrons. The van der Waals surface area contributed by atoms with Gasteiger partial charge in [0.15, 0.2) is 5.43 Å². The zero-order valence-electron chi connectivity index (χ0n) is 22.1. The van der Waals surface area contributed by atoms with Gasteiger partial charge in [-0.25, -0.2) is 4.68 Å². The Morgan fingerprint density at radius 2 is 2.00 bits per heavy atom. The molecule has 1 aliphatic rings. The van der Waals surface area contributed by atoms with Crippen molar-refractivity contribution in [3.63, 3.8) is 0 Å². The molecule has 5 aromatic rings. The number of pyridine rings is 1. The van der Waals surface area contributed by atoms with Crippen LogP contribution in [-0.4, -0.2) is 40.9 Å². The number of rotatable bonds is 4. The molecule has 0 radical (unpaired) electrons. The van der Waals surface area contributed by atoms with Crippen LogP contribution >= 0.6 is 11.6 Å². The molecular weight excluding hydrogens is 570 g/mol. The molecule has 11 nitrogen and oxygen atoms in total. The standard InChI is InChI=1S/C28H23ClF2N8O3/c1-15-3-2-4-18(21-9-16(7-8-32-21)26-22(35-27(15)41)12-34-39(26)28(30)31)20-13-42-25(11-24(20)40)19-10-17(29)5-6-23(19)38-14-33-36-37-38/h5-15,18,28H,2-4H2,1H3,(H,35,41)/t15-,18?/m0/s1. The Kier molecular flexibility index (Phi) is 7.33. The summed E-state index contributed by atoms with van der Waals surface area (Å²) in [5, 5.41) is 18.2. The van der Waals surface area contributed by atoms with Gasteiger partial charge in [-0.3, -0.25) is 14.6 Å². The van der Waals surface area contributed by atoms with Crippen molar-refractivity contribution in [2.45, 2.75) is 38.7 Å². The number of halogens is 3. The fourth-order valence-electron chi connectivity index (χ4n) is 5.15. The van der Waals surface area contributed by atoms with Crippen molar-refractivity contribution in [1.82, 2.24) is 35.0 Å². The van der Waals surface area contributed by atoms with Crippen molar-refractivity contribution in [3.8, 4) is 28.3 Å². The zero-order valence-corrected chi connectivity index (χ0v) is 22.9. The molecule has 1 amide bonds. The highest BCUT2D eigenvalue weighted by Crippen LogP contribution is 2.36. The van der Waals surface area contributed by atoms with Crippen LogP contribution in [-0.2, 0) is 4.79 Å². The van der Waals surface area contributed by atoms with E-state index in [0.717, 1.165) is 0 Å². The number of carbonyl (C=O) groups excluding carboxylic acids is 1. The fourth-order valence-corrected chi connectivity index (χ4v) is 5.32. The molecule has 0 spiro atoms. The highest BCUT2D eigenvalue weighted by atomic mass is 35.5. The maximum absolute atomic E-state index is 13.9. The third-order valence-corrected chi connectivity index (χ3v) is 7.52. The predicted octanol–water partition coefficient (Wildman–Crippen LogP) is 5.48.